The predicted octanol–water partition coefficient (Wildman–Crippen LogP) is 2.10. The van der Waals surface area contributed by atoms with E-state index in [1.54, 1.807) is 13.3 Å². The highest BCUT2D eigenvalue weighted by Gasteiger charge is 2.18. The summed E-state index contributed by atoms with van der Waals surface area (Å²) >= 11 is 0. The van der Waals surface area contributed by atoms with Crippen molar-refractivity contribution in [1.82, 2.24) is 14.5 Å². The van der Waals surface area contributed by atoms with Crippen molar-refractivity contribution in [2.75, 3.05) is 40.0 Å². The molecular weight excluding hydrogens is 386 g/mol. The molecule has 1 fully saturated rings. The van der Waals surface area contributed by atoms with Crippen LogP contribution in [0.1, 0.15) is 10.4 Å². The Morgan fingerprint density at radius 2 is 1.87 bits per heavy atom. The van der Waals surface area contributed by atoms with Crippen LogP contribution in [0.25, 0.3) is 22.2 Å². The SMILES string of the molecule is COc1ccc(-c2cnc3c(c2)cc(C(=O)O)c(=O)n3CCN2CCOCC2)cc1. The summed E-state index contributed by atoms with van der Waals surface area (Å²) in [4.78, 5) is 31.2. The summed E-state index contributed by atoms with van der Waals surface area (Å²) in [7, 11) is 1.61. The smallest absolute Gasteiger partial charge is 0.341 e. The van der Waals surface area contributed by atoms with E-state index in [1.807, 2.05) is 30.3 Å². The molecule has 2 aromatic heterocycles. The van der Waals surface area contributed by atoms with Crippen molar-refractivity contribution >= 4 is 17.0 Å². The summed E-state index contributed by atoms with van der Waals surface area (Å²) in [6.07, 6.45) is 1.70. The van der Waals surface area contributed by atoms with E-state index >= 15 is 0 Å². The Hall–Kier alpha value is -3.23. The molecule has 0 aliphatic carbocycles. The van der Waals surface area contributed by atoms with Gasteiger partial charge in [-0.15, -0.1) is 0 Å². The molecule has 0 amide bonds. The molecule has 1 saturated heterocycles. The van der Waals surface area contributed by atoms with Crippen molar-refractivity contribution in [3.63, 3.8) is 0 Å². The summed E-state index contributed by atoms with van der Waals surface area (Å²) in [5.41, 5.74) is 1.45. The normalized spacial score (nSPS) is 14.7. The second kappa shape index (κ2) is 8.64. The monoisotopic (exact) mass is 409 g/mol. The number of hydrogen-bond donors (Lipinski definition) is 1. The second-order valence-electron chi connectivity index (χ2n) is 7.14. The number of fused-ring (bicyclic) bond motifs is 1. The molecule has 3 aromatic rings. The van der Waals surface area contributed by atoms with Gasteiger partial charge >= 0.3 is 5.97 Å². The molecule has 0 bridgehead atoms. The van der Waals surface area contributed by atoms with Gasteiger partial charge < -0.3 is 14.6 Å². The van der Waals surface area contributed by atoms with Crippen molar-refractivity contribution in [2.45, 2.75) is 6.54 Å². The Bertz CT molecular complexity index is 1120. The Morgan fingerprint density at radius 1 is 1.13 bits per heavy atom. The van der Waals surface area contributed by atoms with Gasteiger partial charge in [-0.1, -0.05) is 12.1 Å². The van der Waals surface area contributed by atoms with Crippen molar-refractivity contribution < 1.29 is 19.4 Å². The van der Waals surface area contributed by atoms with Gasteiger partial charge in [0.25, 0.3) is 5.56 Å². The van der Waals surface area contributed by atoms with E-state index in [0.717, 1.165) is 30.0 Å². The molecule has 4 rings (SSSR count). The third-order valence-electron chi connectivity index (χ3n) is 5.32. The maximum Gasteiger partial charge on any atom is 0.341 e. The average Bonchev–Trinajstić information content (AvgIpc) is 2.78. The van der Waals surface area contributed by atoms with Crippen LogP contribution in [0.15, 0.2) is 47.4 Å². The largest absolute Gasteiger partial charge is 0.497 e. The van der Waals surface area contributed by atoms with Crippen LogP contribution in [0.4, 0.5) is 0 Å². The van der Waals surface area contributed by atoms with Gasteiger partial charge in [-0.05, 0) is 29.8 Å². The molecule has 0 unspecified atom stereocenters. The predicted molar refractivity (Wildman–Crippen MR) is 112 cm³/mol. The number of methoxy groups -OCH3 is 1. The number of aromatic carboxylic acids is 1. The first-order valence-corrected chi connectivity index (χ1v) is 9.78. The van der Waals surface area contributed by atoms with Crippen molar-refractivity contribution in [3.05, 3.63) is 58.5 Å². The molecule has 156 valence electrons. The minimum Gasteiger partial charge on any atom is -0.497 e. The summed E-state index contributed by atoms with van der Waals surface area (Å²) in [5.74, 6) is -0.491. The minimum absolute atomic E-state index is 0.252. The first kappa shape index (κ1) is 20.1. The van der Waals surface area contributed by atoms with Crippen molar-refractivity contribution in [3.8, 4) is 16.9 Å². The van der Waals surface area contributed by atoms with Gasteiger partial charge in [-0.2, -0.15) is 0 Å². The van der Waals surface area contributed by atoms with Crippen LogP contribution in [0.3, 0.4) is 0 Å². The number of carboxylic acids is 1. The lowest BCUT2D eigenvalue weighted by molar-refractivity contribution is 0.0364. The molecule has 1 aliphatic rings. The van der Waals surface area contributed by atoms with Gasteiger partial charge in [0.1, 0.15) is 17.0 Å². The molecular formula is C22H23N3O5. The number of ether oxygens (including phenoxy) is 2. The third-order valence-corrected chi connectivity index (χ3v) is 5.32. The van der Waals surface area contributed by atoms with E-state index in [4.69, 9.17) is 9.47 Å². The Morgan fingerprint density at radius 3 is 2.53 bits per heavy atom. The fourth-order valence-electron chi connectivity index (χ4n) is 3.63. The molecule has 30 heavy (non-hydrogen) atoms. The maximum absolute atomic E-state index is 12.8. The quantitative estimate of drug-likeness (QED) is 0.666. The summed E-state index contributed by atoms with van der Waals surface area (Å²) < 4.78 is 12.0. The fraction of sp³-hybridized carbons (Fsp3) is 0.318. The van der Waals surface area contributed by atoms with Gasteiger partial charge in [0.2, 0.25) is 0 Å². The van der Waals surface area contributed by atoms with E-state index in [0.29, 0.717) is 37.3 Å². The number of hydrogen-bond acceptors (Lipinski definition) is 6. The van der Waals surface area contributed by atoms with Gasteiger partial charge in [-0.25, -0.2) is 9.78 Å². The minimum atomic E-state index is -1.24. The van der Waals surface area contributed by atoms with Gasteiger partial charge in [0, 0.05) is 43.3 Å². The number of pyridine rings is 2. The Balaban J connectivity index is 1.74. The molecule has 1 N–H and O–H groups in total. The van der Waals surface area contributed by atoms with E-state index in [2.05, 4.69) is 9.88 Å². The van der Waals surface area contributed by atoms with Crippen LogP contribution in [0.5, 0.6) is 5.75 Å². The zero-order chi connectivity index (χ0) is 21.1. The number of benzene rings is 1. The van der Waals surface area contributed by atoms with Crippen LogP contribution in [0, 0.1) is 0 Å². The zero-order valence-corrected chi connectivity index (χ0v) is 16.7. The molecule has 0 atom stereocenters. The molecule has 3 heterocycles. The zero-order valence-electron chi connectivity index (χ0n) is 16.7. The van der Waals surface area contributed by atoms with Crippen LogP contribution < -0.4 is 10.3 Å². The highest BCUT2D eigenvalue weighted by atomic mass is 16.5. The number of carbonyl (C=O) groups is 1. The molecule has 0 saturated carbocycles. The number of rotatable bonds is 6. The molecule has 8 nitrogen and oxygen atoms in total. The lowest BCUT2D eigenvalue weighted by Crippen LogP contribution is -2.39. The summed E-state index contributed by atoms with van der Waals surface area (Å²) in [6.45, 7) is 3.90. The third kappa shape index (κ3) is 4.05. The van der Waals surface area contributed by atoms with E-state index < -0.39 is 11.5 Å². The highest BCUT2D eigenvalue weighted by molar-refractivity contribution is 5.92. The number of carboxylic acid groups (broad SMARTS) is 1. The summed E-state index contributed by atoms with van der Waals surface area (Å²) in [6, 6.07) is 10.8. The van der Waals surface area contributed by atoms with E-state index in [-0.39, 0.29) is 5.56 Å². The Labute approximate surface area is 173 Å². The van der Waals surface area contributed by atoms with Crippen LogP contribution in [-0.4, -0.2) is 65.5 Å². The average molecular weight is 409 g/mol. The van der Waals surface area contributed by atoms with Crippen LogP contribution in [-0.2, 0) is 11.3 Å². The fourth-order valence-corrected chi connectivity index (χ4v) is 3.63. The van der Waals surface area contributed by atoms with Gasteiger partial charge in [0.15, 0.2) is 0 Å². The summed E-state index contributed by atoms with van der Waals surface area (Å²) in [5, 5.41) is 10.1. The first-order chi connectivity index (χ1) is 14.6. The molecule has 1 aliphatic heterocycles. The Kier molecular flexibility index (Phi) is 5.78. The second-order valence-corrected chi connectivity index (χ2v) is 7.14. The van der Waals surface area contributed by atoms with Crippen molar-refractivity contribution in [1.29, 1.82) is 0 Å². The van der Waals surface area contributed by atoms with Gasteiger partial charge in [0.05, 0.1) is 20.3 Å². The van der Waals surface area contributed by atoms with Gasteiger partial charge in [-0.3, -0.25) is 14.3 Å². The lowest BCUT2D eigenvalue weighted by Gasteiger charge is -2.26. The molecule has 0 spiro atoms. The number of aromatic nitrogens is 2. The van der Waals surface area contributed by atoms with E-state index in [9.17, 15) is 14.7 Å². The molecule has 1 aromatic carbocycles. The standard InChI is InChI=1S/C22H23N3O5/c1-29-18-4-2-15(3-5-18)17-12-16-13-19(22(27)28)21(26)25(20(16)23-14-17)7-6-24-8-10-30-11-9-24/h2-5,12-14H,6-11H2,1H3,(H,27,28). The molecule has 8 heteroatoms. The highest BCUT2D eigenvalue weighted by Crippen LogP contribution is 2.25. The first-order valence-electron chi connectivity index (χ1n) is 9.78. The topological polar surface area (TPSA) is 93.9 Å². The maximum atomic E-state index is 12.8. The van der Waals surface area contributed by atoms with Crippen LogP contribution in [0.2, 0.25) is 0 Å². The van der Waals surface area contributed by atoms with Crippen molar-refractivity contribution in [2.24, 2.45) is 0 Å². The number of morpholine rings is 1. The van der Waals surface area contributed by atoms with Crippen LogP contribution >= 0.6 is 0 Å². The van der Waals surface area contributed by atoms with E-state index in [1.165, 1.54) is 10.6 Å². The molecule has 0 radical (unpaired) electrons. The lowest BCUT2D eigenvalue weighted by atomic mass is 10.1. The number of nitrogens with zero attached hydrogens (tertiary/aromatic N) is 3.